The number of halogens is 1. The maximum Gasteiger partial charge on any atom is 0.0900 e. The topological polar surface area (TPSA) is 41.5 Å². The van der Waals surface area contributed by atoms with E-state index in [1.165, 1.54) is 0 Å². The summed E-state index contributed by atoms with van der Waals surface area (Å²) >= 11 is 3.56. The summed E-state index contributed by atoms with van der Waals surface area (Å²) in [6.45, 7) is 1.70. The Hall–Kier alpha value is -0.420. The van der Waals surface area contributed by atoms with Crippen molar-refractivity contribution < 1.29 is 9.84 Å². The first kappa shape index (κ1) is 13.0. The third-order valence-corrected chi connectivity index (χ3v) is 3.97. The third kappa shape index (κ3) is 3.52. The number of nitrogens with one attached hydrogen (secondary N) is 1. The zero-order valence-corrected chi connectivity index (χ0v) is 11.3. The summed E-state index contributed by atoms with van der Waals surface area (Å²) < 4.78 is 5.92. The minimum Gasteiger partial charge on any atom is -0.396 e. The van der Waals surface area contributed by atoms with E-state index in [0.29, 0.717) is 6.61 Å². The number of benzene rings is 1. The fourth-order valence-electron chi connectivity index (χ4n) is 2.11. The summed E-state index contributed by atoms with van der Waals surface area (Å²) in [5, 5.41) is 12.7. The first-order valence-corrected chi connectivity index (χ1v) is 6.86. The van der Waals surface area contributed by atoms with E-state index in [1.807, 2.05) is 30.3 Å². The van der Waals surface area contributed by atoms with Gasteiger partial charge in [0.1, 0.15) is 0 Å². The Bertz CT molecular complexity index is 333. The number of aliphatic hydroxyl groups is 1. The molecule has 3 atom stereocenters. The molecule has 4 heteroatoms. The Balaban J connectivity index is 1.92. The zero-order valence-electron chi connectivity index (χ0n) is 9.68. The van der Waals surface area contributed by atoms with Gasteiger partial charge in [0.25, 0.3) is 0 Å². The SMILES string of the molecule is OCC1CCNC(Br)C1OCc1ccccc1. The van der Waals surface area contributed by atoms with Crippen LogP contribution in [0.3, 0.4) is 0 Å². The van der Waals surface area contributed by atoms with Crippen LogP contribution < -0.4 is 5.32 Å². The minimum atomic E-state index is 0.0222. The Morgan fingerprint density at radius 3 is 2.82 bits per heavy atom. The molecule has 0 spiro atoms. The summed E-state index contributed by atoms with van der Waals surface area (Å²) in [5.41, 5.74) is 1.16. The van der Waals surface area contributed by atoms with Crippen LogP contribution in [0.5, 0.6) is 0 Å². The van der Waals surface area contributed by atoms with Gasteiger partial charge in [-0.15, -0.1) is 0 Å². The Morgan fingerprint density at radius 1 is 1.35 bits per heavy atom. The second kappa shape index (κ2) is 6.50. The van der Waals surface area contributed by atoms with E-state index in [9.17, 15) is 5.11 Å². The Morgan fingerprint density at radius 2 is 2.12 bits per heavy atom. The van der Waals surface area contributed by atoms with Crippen LogP contribution in [0.2, 0.25) is 0 Å². The van der Waals surface area contributed by atoms with Gasteiger partial charge in [0.2, 0.25) is 0 Å². The average molecular weight is 300 g/mol. The molecule has 3 unspecified atom stereocenters. The van der Waals surface area contributed by atoms with E-state index in [-0.39, 0.29) is 23.6 Å². The number of ether oxygens (including phenoxy) is 1. The first-order chi connectivity index (χ1) is 8.31. The van der Waals surface area contributed by atoms with Crippen molar-refractivity contribution in [3.63, 3.8) is 0 Å². The van der Waals surface area contributed by atoms with Crippen LogP contribution in [0.1, 0.15) is 12.0 Å². The number of piperidine rings is 1. The largest absolute Gasteiger partial charge is 0.396 e. The minimum absolute atomic E-state index is 0.0222. The van der Waals surface area contributed by atoms with Crippen LogP contribution in [0.25, 0.3) is 0 Å². The molecular weight excluding hydrogens is 282 g/mol. The van der Waals surface area contributed by atoms with Crippen LogP contribution in [-0.4, -0.2) is 29.3 Å². The molecule has 0 radical (unpaired) electrons. The van der Waals surface area contributed by atoms with E-state index >= 15 is 0 Å². The van der Waals surface area contributed by atoms with Gasteiger partial charge in [0.15, 0.2) is 0 Å². The molecule has 2 N–H and O–H groups in total. The molecule has 1 aromatic carbocycles. The predicted octanol–water partition coefficient (Wildman–Crippen LogP) is 1.89. The number of alkyl halides is 1. The summed E-state index contributed by atoms with van der Waals surface area (Å²) in [6, 6.07) is 10.1. The molecule has 1 fully saturated rings. The summed E-state index contributed by atoms with van der Waals surface area (Å²) in [6.07, 6.45) is 0.979. The lowest BCUT2D eigenvalue weighted by Crippen LogP contribution is -2.48. The van der Waals surface area contributed by atoms with Crippen LogP contribution in [-0.2, 0) is 11.3 Å². The van der Waals surface area contributed by atoms with Gasteiger partial charge in [-0.25, -0.2) is 0 Å². The molecule has 0 bridgehead atoms. The highest BCUT2D eigenvalue weighted by atomic mass is 79.9. The van der Waals surface area contributed by atoms with E-state index in [2.05, 4.69) is 21.2 Å². The van der Waals surface area contributed by atoms with Crippen molar-refractivity contribution in [3.05, 3.63) is 35.9 Å². The van der Waals surface area contributed by atoms with Gasteiger partial charge < -0.3 is 15.2 Å². The highest BCUT2D eigenvalue weighted by Crippen LogP contribution is 2.24. The first-order valence-electron chi connectivity index (χ1n) is 5.95. The normalized spacial score (nSPS) is 29.2. The second-order valence-electron chi connectivity index (χ2n) is 4.35. The molecule has 0 saturated carbocycles. The molecule has 1 aromatic rings. The lowest BCUT2D eigenvalue weighted by atomic mass is 9.96. The lowest BCUT2D eigenvalue weighted by molar-refractivity contribution is -0.0350. The van der Waals surface area contributed by atoms with Gasteiger partial charge in [0.05, 0.1) is 17.7 Å². The molecule has 2 rings (SSSR count). The summed E-state index contributed by atoms with van der Waals surface area (Å²) in [4.78, 5) is 0.122. The van der Waals surface area contributed by atoms with Crippen LogP contribution >= 0.6 is 15.9 Å². The molecular formula is C13H18BrNO2. The molecule has 0 aromatic heterocycles. The predicted molar refractivity (Wildman–Crippen MR) is 70.9 cm³/mol. The van der Waals surface area contributed by atoms with E-state index in [4.69, 9.17) is 4.74 Å². The fourth-order valence-corrected chi connectivity index (χ4v) is 2.92. The standard InChI is InChI=1S/C13H18BrNO2/c14-13-12(11(8-16)6-7-15-13)17-9-10-4-2-1-3-5-10/h1-5,11-13,15-16H,6-9H2. The molecule has 1 heterocycles. The van der Waals surface area contributed by atoms with Crippen molar-refractivity contribution in [1.29, 1.82) is 0 Å². The smallest absolute Gasteiger partial charge is 0.0900 e. The van der Waals surface area contributed by atoms with Gasteiger partial charge in [-0.2, -0.15) is 0 Å². The van der Waals surface area contributed by atoms with Crippen molar-refractivity contribution >= 4 is 15.9 Å². The van der Waals surface area contributed by atoms with Crippen molar-refractivity contribution in [3.8, 4) is 0 Å². The van der Waals surface area contributed by atoms with Crippen molar-refractivity contribution in [2.24, 2.45) is 5.92 Å². The van der Waals surface area contributed by atoms with Crippen LogP contribution in [0.4, 0.5) is 0 Å². The highest BCUT2D eigenvalue weighted by Gasteiger charge is 2.31. The maximum atomic E-state index is 9.35. The molecule has 1 aliphatic rings. The molecule has 1 aliphatic heterocycles. The lowest BCUT2D eigenvalue weighted by Gasteiger charge is -2.35. The molecule has 17 heavy (non-hydrogen) atoms. The molecule has 0 amide bonds. The van der Waals surface area contributed by atoms with Crippen molar-refractivity contribution in [1.82, 2.24) is 5.32 Å². The van der Waals surface area contributed by atoms with E-state index in [1.54, 1.807) is 0 Å². The number of rotatable bonds is 4. The number of hydrogen-bond acceptors (Lipinski definition) is 3. The van der Waals surface area contributed by atoms with Gasteiger partial charge in [-0.05, 0) is 18.5 Å². The number of aliphatic hydroxyl groups excluding tert-OH is 1. The van der Waals surface area contributed by atoms with Crippen LogP contribution in [0.15, 0.2) is 30.3 Å². The third-order valence-electron chi connectivity index (χ3n) is 3.13. The summed E-state index contributed by atoms with van der Waals surface area (Å²) in [7, 11) is 0. The van der Waals surface area contributed by atoms with Crippen LogP contribution in [0, 0.1) is 5.92 Å². The maximum absolute atomic E-state index is 9.35. The quantitative estimate of drug-likeness (QED) is 0.659. The van der Waals surface area contributed by atoms with E-state index in [0.717, 1.165) is 18.5 Å². The molecule has 3 nitrogen and oxygen atoms in total. The van der Waals surface area contributed by atoms with Gasteiger partial charge in [0, 0.05) is 12.5 Å². The van der Waals surface area contributed by atoms with Crippen molar-refractivity contribution in [2.45, 2.75) is 24.1 Å². The molecule has 94 valence electrons. The van der Waals surface area contributed by atoms with Gasteiger partial charge >= 0.3 is 0 Å². The second-order valence-corrected chi connectivity index (χ2v) is 5.33. The Kier molecular flexibility index (Phi) is 4.98. The van der Waals surface area contributed by atoms with Gasteiger partial charge in [-0.3, -0.25) is 0 Å². The number of hydrogen-bond donors (Lipinski definition) is 2. The summed E-state index contributed by atoms with van der Waals surface area (Å²) in [5.74, 6) is 0.212. The average Bonchev–Trinajstić information content (AvgIpc) is 2.38. The molecule has 1 saturated heterocycles. The van der Waals surface area contributed by atoms with Gasteiger partial charge in [-0.1, -0.05) is 46.3 Å². The van der Waals surface area contributed by atoms with Crippen molar-refractivity contribution in [2.75, 3.05) is 13.2 Å². The fraction of sp³-hybridized carbons (Fsp3) is 0.538. The highest BCUT2D eigenvalue weighted by molar-refractivity contribution is 9.09. The monoisotopic (exact) mass is 299 g/mol. The van der Waals surface area contributed by atoms with E-state index < -0.39 is 0 Å². The molecule has 0 aliphatic carbocycles. The Labute approximate surface area is 110 Å². The zero-order chi connectivity index (χ0) is 12.1.